The Labute approximate surface area is 141 Å². The standard InChI is InChI=1S/C19H22FN3O/c1-21-19(22-12-13-7-3-6-10-18(13)24-2)23-17-11-15(17)14-8-4-5-9-16(14)20/h3-10,15,17H,11-12H2,1-2H3,(H2,21,22,23). The Kier molecular flexibility index (Phi) is 4.99. The Bertz CT molecular complexity index is 732. The highest BCUT2D eigenvalue weighted by molar-refractivity contribution is 5.80. The Morgan fingerprint density at radius 2 is 1.96 bits per heavy atom. The van der Waals surface area contributed by atoms with Gasteiger partial charge in [-0.25, -0.2) is 4.39 Å². The number of hydrogen-bond acceptors (Lipinski definition) is 2. The average Bonchev–Trinajstić information content (AvgIpc) is 3.38. The van der Waals surface area contributed by atoms with Gasteiger partial charge in [-0.3, -0.25) is 4.99 Å². The second kappa shape index (κ2) is 7.34. The third-order valence-electron chi connectivity index (χ3n) is 4.28. The van der Waals surface area contributed by atoms with Crippen LogP contribution in [0.4, 0.5) is 4.39 Å². The molecule has 1 fully saturated rings. The first-order chi connectivity index (χ1) is 11.7. The molecule has 2 aromatic carbocycles. The van der Waals surface area contributed by atoms with Crippen LogP contribution in [0.3, 0.4) is 0 Å². The van der Waals surface area contributed by atoms with E-state index in [1.807, 2.05) is 36.4 Å². The topological polar surface area (TPSA) is 45.7 Å². The number of halogens is 1. The van der Waals surface area contributed by atoms with Gasteiger partial charge in [0.25, 0.3) is 0 Å². The lowest BCUT2D eigenvalue weighted by Crippen LogP contribution is -2.38. The molecule has 0 radical (unpaired) electrons. The van der Waals surface area contributed by atoms with Crippen LogP contribution in [0.15, 0.2) is 53.5 Å². The lowest BCUT2D eigenvalue weighted by molar-refractivity contribution is 0.409. The number of nitrogens with one attached hydrogen (secondary N) is 2. The van der Waals surface area contributed by atoms with Gasteiger partial charge >= 0.3 is 0 Å². The van der Waals surface area contributed by atoms with Crippen LogP contribution >= 0.6 is 0 Å². The van der Waals surface area contributed by atoms with Gasteiger partial charge in [-0.05, 0) is 24.1 Å². The predicted octanol–water partition coefficient (Wildman–Crippen LogP) is 3.06. The molecule has 1 aliphatic rings. The Morgan fingerprint density at radius 3 is 2.71 bits per heavy atom. The van der Waals surface area contributed by atoms with Crippen molar-refractivity contribution in [2.75, 3.05) is 14.2 Å². The minimum absolute atomic E-state index is 0.135. The quantitative estimate of drug-likeness (QED) is 0.655. The minimum Gasteiger partial charge on any atom is -0.496 e. The molecule has 2 atom stereocenters. The number of hydrogen-bond donors (Lipinski definition) is 2. The normalized spacial score (nSPS) is 19.7. The summed E-state index contributed by atoms with van der Waals surface area (Å²) in [5.74, 6) is 1.63. The largest absolute Gasteiger partial charge is 0.496 e. The summed E-state index contributed by atoms with van der Waals surface area (Å²) in [5, 5.41) is 6.64. The zero-order valence-electron chi connectivity index (χ0n) is 13.9. The van der Waals surface area contributed by atoms with E-state index in [1.165, 1.54) is 6.07 Å². The van der Waals surface area contributed by atoms with Gasteiger partial charge in [-0.15, -0.1) is 0 Å². The van der Waals surface area contributed by atoms with Gasteiger partial charge < -0.3 is 15.4 Å². The van der Waals surface area contributed by atoms with Crippen molar-refractivity contribution in [2.24, 2.45) is 4.99 Å². The van der Waals surface area contributed by atoms with Gasteiger partial charge in [0.1, 0.15) is 11.6 Å². The van der Waals surface area contributed by atoms with E-state index in [2.05, 4.69) is 15.6 Å². The van der Waals surface area contributed by atoms with Crippen molar-refractivity contribution < 1.29 is 9.13 Å². The van der Waals surface area contributed by atoms with Crippen molar-refractivity contribution in [3.8, 4) is 5.75 Å². The number of ether oxygens (including phenoxy) is 1. The highest BCUT2D eigenvalue weighted by Gasteiger charge is 2.40. The van der Waals surface area contributed by atoms with Crippen LogP contribution in [0.2, 0.25) is 0 Å². The number of nitrogens with zero attached hydrogens (tertiary/aromatic N) is 1. The van der Waals surface area contributed by atoms with Gasteiger partial charge in [0.2, 0.25) is 0 Å². The van der Waals surface area contributed by atoms with Crippen molar-refractivity contribution in [3.05, 3.63) is 65.5 Å². The molecule has 0 bridgehead atoms. The molecular formula is C19H22FN3O. The van der Waals surface area contributed by atoms with Crippen LogP contribution in [0, 0.1) is 5.82 Å². The molecule has 24 heavy (non-hydrogen) atoms. The SMILES string of the molecule is CN=C(NCc1ccccc1OC)NC1CC1c1ccccc1F. The second-order valence-electron chi connectivity index (χ2n) is 5.85. The summed E-state index contributed by atoms with van der Waals surface area (Å²) in [5.41, 5.74) is 1.83. The van der Waals surface area contributed by atoms with Crippen LogP contribution in [0.25, 0.3) is 0 Å². The van der Waals surface area contributed by atoms with Crippen molar-refractivity contribution in [1.82, 2.24) is 10.6 Å². The van der Waals surface area contributed by atoms with Gasteiger partial charge in [0, 0.05) is 31.1 Å². The molecule has 0 heterocycles. The van der Waals surface area contributed by atoms with E-state index < -0.39 is 0 Å². The van der Waals surface area contributed by atoms with Crippen molar-refractivity contribution >= 4 is 5.96 Å². The zero-order valence-corrected chi connectivity index (χ0v) is 13.9. The highest BCUT2D eigenvalue weighted by atomic mass is 19.1. The smallest absolute Gasteiger partial charge is 0.191 e. The van der Waals surface area contributed by atoms with Crippen LogP contribution in [0.1, 0.15) is 23.5 Å². The molecule has 0 aliphatic heterocycles. The molecule has 1 saturated carbocycles. The Morgan fingerprint density at radius 1 is 1.21 bits per heavy atom. The summed E-state index contributed by atoms with van der Waals surface area (Å²) >= 11 is 0. The molecule has 5 heteroatoms. The maximum atomic E-state index is 13.8. The lowest BCUT2D eigenvalue weighted by atomic mass is 10.1. The molecule has 2 unspecified atom stereocenters. The van der Waals surface area contributed by atoms with E-state index in [4.69, 9.17) is 4.74 Å². The van der Waals surface area contributed by atoms with Crippen molar-refractivity contribution in [1.29, 1.82) is 0 Å². The molecule has 3 rings (SSSR count). The first-order valence-electron chi connectivity index (χ1n) is 8.06. The minimum atomic E-state index is -0.135. The molecule has 0 spiro atoms. The summed E-state index contributed by atoms with van der Waals surface area (Å²) in [7, 11) is 3.40. The van der Waals surface area contributed by atoms with Crippen LogP contribution in [-0.4, -0.2) is 26.2 Å². The fourth-order valence-electron chi connectivity index (χ4n) is 2.87. The van der Waals surface area contributed by atoms with Crippen LogP contribution in [-0.2, 0) is 6.54 Å². The third kappa shape index (κ3) is 3.67. The summed E-state index contributed by atoms with van der Waals surface area (Å²) in [4.78, 5) is 4.25. The number of guanidine groups is 1. The zero-order chi connectivity index (χ0) is 16.9. The fraction of sp³-hybridized carbons (Fsp3) is 0.316. The number of para-hydroxylation sites is 1. The van der Waals surface area contributed by atoms with E-state index in [0.717, 1.165) is 23.3 Å². The van der Waals surface area contributed by atoms with Crippen molar-refractivity contribution in [2.45, 2.75) is 24.9 Å². The third-order valence-corrected chi connectivity index (χ3v) is 4.28. The number of rotatable bonds is 5. The summed E-state index contributed by atoms with van der Waals surface area (Å²) in [6.45, 7) is 0.612. The van der Waals surface area contributed by atoms with E-state index in [-0.39, 0.29) is 17.8 Å². The molecular weight excluding hydrogens is 305 g/mol. The molecule has 0 amide bonds. The fourth-order valence-corrected chi connectivity index (χ4v) is 2.87. The monoisotopic (exact) mass is 327 g/mol. The van der Waals surface area contributed by atoms with E-state index >= 15 is 0 Å². The van der Waals surface area contributed by atoms with Gasteiger partial charge in [-0.2, -0.15) is 0 Å². The molecule has 126 valence electrons. The molecule has 0 saturated heterocycles. The molecule has 1 aliphatic carbocycles. The van der Waals surface area contributed by atoms with Gasteiger partial charge in [0.05, 0.1) is 7.11 Å². The Hall–Kier alpha value is -2.56. The summed E-state index contributed by atoms with van der Waals surface area (Å²) < 4.78 is 19.2. The van der Waals surface area contributed by atoms with Crippen LogP contribution < -0.4 is 15.4 Å². The average molecular weight is 327 g/mol. The maximum absolute atomic E-state index is 13.8. The van der Waals surface area contributed by atoms with E-state index in [0.29, 0.717) is 12.5 Å². The highest BCUT2D eigenvalue weighted by Crippen LogP contribution is 2.41. The number of benzene rings is 2. The maximum Gasteiger partial charge on any atom is 0.191 e. The predicted molar refractivity (Wildman–Crippen MR) is 93.9 cm³/mol. The Balaban J connectivity index is 1.56. The van der Waals surface area contributed by atoms with Gasteiger partial charge in [0.15, 0.2) is 5.96 Å². The number of methoxy groups -OCH3 is 1. The number of aliphatic imine (C=N–C) groups is 1. The van der Waals surface area contributed by atoms with Crippen molar-refractivity contribution in [3.63, 3.8) is 0 Å². The van der Waals surface area contributed by atoms with E-state index in [1.54, 1.807) is 20.2 Å². The van der Waals surface area contributed by atoms with Crippen LogP contribution in [0.5, 0.6) is 5.75 Å². The summed E-state index contributed by atoms with van der Waals surface area (Å²) in [6, 6.07) is 15.0. The van der Waals surface area contributed by atoms with E-state index in [9.17, 15) is 4.39 Å². The van der Waals surface area contributed by atoms with Gasteiger partial charge in [-0.1, -0.05) is 36.4 Å². The molecule has 0 aromatic heterocycles. The first kappa shape index (κ1) is 16.3. The second-order valence-corrected chi connectivity index (χ2v) is 5.85. The lowest BCUT2D eigenvalue weighted by Gasteiger charge is -2.14. The molecule has 2 aromatic rings. The molecule has 4 nitrogen and oxygen atoms in total. The molecule has 2 N–H and O–H groups in total. The first-order valence-corrected chi connectivity index (χ1v) is 8.06. The summed E-state index contributed by atoms with van der Waals surface area (Å²) in [6.07, 6.45) is 0.913.